The van der Waals surface area contributed by atoms with Crippen molar-refractivity contribution in [3.05, 3.63) is 23.7 Å². The maximum Gasteiger partial charge on any atom is 0.198 e. The number of carbonyl (C=O) groups excluding carboxylic acids is 1. The van der Waals surface area contributed by atoms with Gasteiger partial charge in [-0.05, 0) is 24.5 Å². The number of carbonyl (C=O) groups is 1. The third kappa shape index (κ3) is 2.72. The van der Waals surface area contributed by atoms with Gasteiger partial charge in [-0.25, -0.2) is 0 Å². The number of furan rings is 1. The third-order valence-corrected chi connectivity index (χ3v) is 2.43. The Morgan fingerprint density at radius 2 is 2.29 bits per heavy atom. The summed E-state index contributed by atoms with van der Waals surface area (Å²) in [6, 6.07) is 1.83. The Morgan fingerprint density at radius 1 is 1.57 bits per heavy atom. The van der Waals surface area contributed by atoms with E-state index in [4.69, 9.17) is 4.42 Å². The molecule has 78 valence electrons. The van der Waals surface area contributed by atoms with Gasteiger partial charge in [0.25, 0.3) is 0 Å². The first-order valence-electron chi connectivity index (χ1n) is 5.22. The van der Waals surface area contributed by atoms with Crippen molar-refractivity contribution < 1.29 is 9.21 Å². The van der Waals surface area contributed by atoms with Crippen LogP contribution in [0, 0.1) is 12.8 Å². The Kier molecular flexibility index (Phi) is 3.93. The zero-order valence-electron chi connectivity index (χ0n) is 9.17. The topological polar surface area (TPSA) is 30.2 Å². The standard InChI is InChI=1S/C12H18O2/c1-4-5-9(2)8-11(13)12-10(3)6-7-14-12/h6-7,9H,4-5,8H2,1-3H3. The van der Waals surface area contributed by atoms with Crippen LogP contribution >= 0.6 is 0 Å². The fraction of sp³-hybridized carbons (Fsp3) is 0.583. The molecule has 1 unspecified atom stereocenters. The molecule has 0 fully saturated rings. The van der Waals surface area contributed by atoms with E-state index in [1.807, 2.05) is 13.0 Å². The maximum atomic E-state index is 11.7. The minimum absolute atomic E-state index is 0.133. The van der Waals surface area contributed by atoms with E-state index in [1.165, 1.54) is 0 Å². The molecule has 0 radical (unpaired) electrons. The van der Waals surface area contributed by atoms with Crippen molar-refractivity contribution >= 4 is 5.78 Å². The van der Waals surface area contributed by atoms with Crippen molar-refractivity contribution in [1.29, 1.82) is 0 Å². The number of hydrogen-bond acceptors (Lipinski definition) is 2. The van der Waals surface area contributed by atoms with Gasteiger partial charge in [-0.2, -0.15) is 0 Å². The highest BCUT2D eigenvalue weighted by Gasteiger charge is 2.15. The van der Waals surface area contributed by atoms with Crippen molar-refractivity contribution in [2.24, 2.45) is 5.92 Å². The molecular weight excluding hydrogens is 176 g/mol. The average Bonchev–Trinajstić information content (AvgIpc) is 2.51. The third-order valence-electron chi connectivity index (χ3n) is 2.43. The van der Waals surface area contributed by atoms with Crippen LogP contribution in [-0.4, -0.2) is 5.78 Å². The van der Waals surface area contributed by atoms with E-state index < -0.39 is 0 Å². The summed E-state index contributed by atoms with van der Waals surface area (Å²) < 4.78 is 5.16. The summed E-state index contributed by atoms with van der Waals surface area (Å²) in [4.78, 5) is 11.7. The highest BCUT2D eigenvalue weighted by atomic mass is 16.3. The largest absolute Gasteiger partial charge is 0.461 e. The molecule has 1 rings (SSSR count). The van der Waals surface area contributed by atoms with Crippen molar-refractivity contribution in [3.63, 3.8) is 0 Å². The first-order valence-corrected chi connectivity index (χ1v) is 5.22. The van der Waals surface area contributed by atoms with Gasteiger partial charge in [-0.3, -0.25) is 4.79 Å². The monoisotopic (exact) mass is 194 g/mol. The molecule has 2 nitrogen and oxygen atoms in total. The minimum atomic E-state index is 0.133. The van der Waals surface area contributed by atoms with Gasteiger partial charge in [-0.1, -0.05) is 26.7 Å². The molecule has 0 amide bonds. The van der Waals surface area contributed by atoms with Crippen LogP contribution in [0.2, 0.25) is 0 Å². The Bertz CT molecular complexity index is 299. The lowest BCUT2D eigenvalue weighted by Gasteiger charge is -2.07. The molecule has 0 N–H and O–H groups in total. The van der Waals surface area contributed by atoms with Crippen molar-refractivity contribution in [3.8, 4) is 0 Å². The fourth-order valence-corrected chi connectivity index (χ4v) is 1.66. The second-order valence-corrected chi connectivity index (χ2v) is 3.95. The van der Waals surface area contributed by atoms with E-state index in [-0.39, 0.29) is 5.78 Å². The lowest BCUT2D eigenvalue weighted by Crippen LogP contribution is -2.06. The average molecular weight is 194 g/mol. The second-order valence-electron chi connectivity index (χ2n) is 3.95. The summed E-state index contributed by atoms with van der Waals surface area (Å²) in [5.41, 5.74) is 0.943. The predicted molar refractivity (Wildman–Crippen MR) is 56.5 cm³/mol. The molecule has 1 aromatic heterocycles. The Balaban J connectivity index is 2.55. The summed E-state index contributed by atoms with van der Waals surface area (Å²) in [6.45, 7) is 6.15. The molecule has 1 heterocycles. The first-order chi connectivity index (χ1) is 6.65. The first kappa shape index (κ1) is 11.0. The Morgan fingerprint density at radius 3 is 2.79 bits per heavy atom. The molecule has 0 aliphatic carbocycles. The second kappa shape index (κ2) is 4.99. The molecule has 0 bridgehead atoms. The Hall–Kier alpha value is -1.05. The smallest absolute Gasteiger partial charge is 0.198 e. The van der Waals surface area contributed by atoms with Crippen molar-refractivity contribution in [2.75, 3.05) is 0 Å². The van der Waals surface area contributed by atoms with E-state index in [0.717, 1.165) is 18.4 Å². The van der Waals surface area contributed by atoms with Crippen LogP contribution in [0.4, 0.5) is 0 Å². The van der Waals surface area contributed by atoms with Gasteiger partial charge < -0.3 is 4.42 Å². The molecule has 0 aliphatic heterocycles. The summed E-state index contributed by atoms with van der Waals surface area (Å²) in [7, 11) is 0. The highest BCUT2D eigenvalue weighted by molar-refractivity contribution is 5.94. The fourth-order valence-electron chi connectivity index (χ4n) is 1.66. The van der Waals surface area contributed by atoms with Gasteiger partial charge in [0, 0.05) is 6.42 Å². The lowest BCUT2D eigenvalue weighted by molar-refractivity contribution is 0.0934. The van der Waals surface area contributed by atoms with Crippen LogP contribution in [0.1, 0.15) is 49.2 Å². The van der Waals surface area contributed by atoms with Crippen LogP contribution in [0.25, 0.3) is 0 Å². The number of Topliss-reactive ketones (excluding diaryl/α,β-unsaturated/α-hetero) is 1. The van der Waals surface area contributed by atoms with Crippen LogP contribution in [0.3, 0.4) is 0 Å². The van der Waals surface area contributed by atoms with Crippen LogP contribution < -0.4 is 0 Å². The van der Waals surface area contributed by atoms with E-state index in [9.17, 15) is 4.79 Å². The Labute approximate surface area is 85.3 Å². The highest BCUT2D eigenvalue weighted by Crippen LogP contribution is 2.17. The summed E-state index contributed by atoms with van der Waals surface area (Å²) >= 11 is 0. The van der Waals surface area contributed by atoms with Gasteiger partial charge in [0.2, 0.25) is 0 Å². The molecule has 0 spiro atoms. The normalized spacial score (nSPS) is 12.8. The predicted octanol–water partition coefficient (Wildman–Crippen LogP) is 3.60. The summed E-state index contributed by atoms with van der Waals surface area (Å²) in [5, 5.41) is 0. The van der Waals surface area contributed by atoms with Gasteiger partial charge >= 0.3 is 0 Å². The minimum Gasteiger partial charge on any atom is -0.461 e. The van der Waals surface area contributed by atoms with Crippen molar-refractivity contribution in [1.82, 2.24) is 0 Å². The van der Waals surface area contributed by atoms with Gasteiger partial charge in [-0.15, -0.1) is 0 Å². The van der Waals surface area contributed by atoms with Gasteiger partial charge in [0.15, 0.2) is 11.5 Å². The van der Waals surface area contributed by atoms with Crippen molar-refractivity contribution in [2.45, 2.75) is 40.0 Å². The van der Waals surface area contributed by atoms with E-state index >= 15 is 0 Å². The number of ketones is 1. The molecular formula is C12H18O2. The van der Waals surface area contributed by atoms with Crippen LogP contribution in [0.5, 0.6) is 0 Å². The molecule has 0 aliphatic rings. The molecule has 2 heteroatoms. The van der Waals surface area contributed by atoms with Gasteiger partial charge in [0.1, 0.15) is 0 Å². The number of aryl methyl sites for hydroxylation is 1. The molecule has 14 heavy (non-hydrogen) atoms. The number of rotatable bonds is 5. The van der Waals surface area contributed by atoms with E-state index in [1.54, 1.807) is 6.26 Å². The maximum absolute atomic E-state index is 11.7. The zero-order valence-corrected chi connectivity index (χ0v) is 9.17. The molecule has 0 aromatic carbocycles. The number of hydrogen-bond donors (Lipinski definition) is 0. The van der Waals surface area contributed by atoms with E-state index in [2.05, 4.69) is 13.8 Å². The van der Waals surface area contributed by atoms with Crippen LogP contribution in [0.15, 0.2) is 16.7 Å². The van der Waals surface area contributed by atoms with E-state index in [0.29, 0.717) is 18.1 Å². The molecule has 0 saturated heterocycles. The van der Waals surface area contributed by atoms with Gasteiger partial charge in [0.05, 0.1) is 6.26 Å². The molecule has 1 atom stereocenters. The lowest BCUT2D eigenvalue weighted by atomic mass is 9.98. The molecule has 0 saturated carbocycles. The van der Waals surface area contributed by atoms with Crippen LogP contribution in [-0.2, 0) is 0 Å². The molecule has 1 aromatic rings. The summed E-state index contributed by atoms with van der Waals surface area (Å²) in [5.74, 6) is 1.12. The zero-order chi connectivity index (χ0) is 10.6. The summed E-state index contributed by atoms with van der Waals surface area (Å²) in [6.07, 6.45) is 4.41. The SMILES string of the molecule is CCCC(C)CC(=O)c1occc1C. The quantitative estimate of drug-likeness (QED) is 0.670.